The monoisotopic (exact) mass is 248 g/mol. The molecule has 0 aliphatic carbocycles. The predicted octanol–water partition coefficient (Wildman–Crippen LogP) is 2.05. The van der Waals surface area contributed by atoms with Crippen LogP contribution in [0.3, 0.4) is 0 Å². The van der Waals surface area contributed by atoms with Crippen molar-refractivity contribution in [3.05, 3.63) is 29.8 Å². The molecule has 0 radical (unpaired) electrons. The molecular weight excluding hydrogens is 224 g/mol. The normalized spacial score (nSPS) is 19.7. The summed E-state index contributed by atoms with van der Waals surface area (Å²) in [5.41, 5.74) is 7.34. The lowest BCUT2D eigenvalue weighted by molar-refractivity contribution is 0.142. The molecule has 0 aromatic heterocycles. The highest BCUT2D eigenvalue weighted by Crippen LogP contribution is 2.28. The second-order valence-electron chi connectivity index (χ2n) is 5.38. The second-order valence-corrected chi connectivity index (χ2v) is 5.38. The van der Waals surface area contributed by atoms with Crippen molar-refractivity contribution in [1.29, 1.82) is 0 Å². The molecule has 3 heteroatoms. The van der Waals surface area contributed by atoms with Crippen LogP contribution in [0.1, 0.15) is 25.3 Å². The molecule has 0 saturated carbocycles. The highest BCUT2D eigenvalue weighted by atomic mass is 16.5. The van der Waals surface area contributed by atoms with Gasteiger partial charge in [-0.2, -0.15) is 0 Å². The van der Waals surface area contributed by atoms with Crippen molar-refractivity contribution in [3.8, 4) is 5.75 Å². The molecule has 0 bridgehead atoms. The third kappa shape index (κ3) is 2.68. The summed E-state index contributed by atoms with van der Waals surface area (Å²) < 4.78 is 5.44. The lowest BCUT2D eigenvalue weighted by Crippen LogP contribution is -2.51. The summed E-state index contributed by atoms with van der Waals surface area (Å²) in [5, 5.41) is 0. The molecule has 2 rings (SSSR count). The van der Waals surface area contributed by atoms with E-state index in [1.54, 1.807) is 7.11 Å². The Bertz CT molecular complexity index is 388. The molecular formula is C15H24N2O. The summed E-state index contributed by atoms with van der Waals surface area (Å²) in [5.74, 6) is 0.969. The van der Waals surface area contributed by atoms with Crippen LogP contribution in [-0.4, -0.2) is 37.2 Å². The number of hydrogen-bond acceptors (Lipinski definition) is 3. The average Bonchev–Trinajstić information content (AvgIpc) is 2.94. The number of nitrogens with zero attached hydrogens (tertiary/aromatic N) is 1. The first-order chi connectivity index (χ1) is 8.69. The molecule has 1 aromatic rings. The molecule has 1 saturated heterocycles. The van der Waals surface area contributed by atoms with Gasteiger partial charge in [-0.1, -0.05) is 18.2 Å². The van der Waals surface area contributed by atoms with E-state index in [4.69, 9.17) is 10.5 Å². The van der Waals surface area contributed by atoms with Gasteiger partial charge >= 0.3 is 0 Å². The Hall–Kier alpha value is -1.06. The van der Waals surface area contributed by atoms with Gasteiger partial charge in [0.2, 0.25) is 0 Å². The molecule has 18 heavy (non-hydrogen) atoms. The summed E-state index contributed by atoms with van der Waals surface area (Å²) in [6.07, 6.45) is 3.54. The first-order valence-corrected chi connectivity index (χ1v) is 6.76. The summed E-state index contributed by atoms with van der Waals surface area (Å²) in [6, 6.07) is 8.25. The van der Waals surface area contributed by atoms with Gasteiger partial charge in [-0.15, -0.1) is 0 Å². The zero-order valence-electron chi connectivity index (χ0n) is 11.5. The zero-order valence-corrected chi connectivity index (χ0v) is 11.5. The van der Waals surface area contributed by atoms with Crippen LogP contribution in [0.15, 0.2) is 24.3 Å². The topological polar surface area (TPSA) is 38.5 Å². The van der Waals surface area contributed by atoms with Gasteiger partial charge in [0, 0.05) is 12.1 Å². The summed E-state index contributed by atoms with van der Waals surface area (Å²) >= 11 is 0. The van der Waals surface area contributed by atoms with E-state index in [9.17, 15) is 0 Å². The zero-order chi connectivity index (χ0) is 13.0. The Balaban J connectivity index is 2.18. The maximum Gasteiger partial charge on any atom is 0.122 e. The van der Waals surface area contributed by atoms with Gasteiger partial charge in [-0.3, -0.25) is 4.90 Å². The average molecular weight is 248 g/mol. The van der Waals surface area contributed by atoms with Gasteiger partial charge in [-0.05, 0) is 50.9 Å². The number of rotatable bonds is 5. The van der Waals surface area contributed by atoms with Crippen molar-refractivity contribution in [2.24, 2.45) is 5.73 Å². The van der Waals surface area contributed by atoms with Gasteiger partial charge in [0.05, 0.1) is 7.11 Å². The molecule has 1 unspecified atom stereocenters. The van der Waals surface area contributed by atoms with Gasteiger partial charge in [0.1, 0.15) is 5.75 Å². The number of ether oxygens (including phenoxy) is 1. The molecule has 1 aliphatic heterocycles. The highest BCUT2D eigenvalue weighted by molar-refractivity contribution is 5.34. The minimum absolute atomic E-state index is 0.0468. The van der Waals surface area contributed by atoms with E-state index in [0.717, 1.165) is 12.2 Å². The number of methoxy groups -OCH3 is 1. The van der Waals surface area contributed by atoms with Crippen LogP contribution in [-0.2, 0) is 6.42 Å². The number of para-hydroxylation sites is 1. The third-order valence-electron chi connectivity index (χ3n) is 4.07. The molecule has 1 fully saturated rings. The van der Waals surface area contributed by atoms with Crippen molar-refractivity contribution >= 4 is 0 Å². The van der Waals surface area contributed by atoms with E-state index in [2.05, 4.69) is 24.0 Å². The van der Waals surface area contributed by atoms with E-state index in [0.29, 0.717) is 6.54 Å². The van der Waals surface area contributed by atoms with E-state index >= 15 is 0 Å². The van der Waals surface area contributed by atoms with Crippen LogP contribution in [0, 0.1) is 0 Å². The van der Waals surface area contributed by atoms with Crippen molar-refractivity contribution < 1.29 is 4.74 Å². The lowest BCUT2D eigenvalue weighted by atomic mass is 9.90. The van der Waals surface area contributed by atoms with E-state index in [1.807, 2.05) is 12.1 Å². The third-order valence-corrected chi connectivity index (χ3v) is 4.07. The van der Waals surface area contributed by atoms with Gasteiger partial charge in [0.25, 0.3) is 0 Å². The van der Waals surface area contributed by atoms with Crippen LogP contribution in [0.5, 0.6) is 5.75 Å². The van der Waals surface area contributed by atoms with Gasteiger partial charge < -0.3 is 10.5 Å². The minimum atomic E-state index is 0.0468. The summed E-state index contributed by atoms with van der Waals surface area (Å²) in [4.78, 5) is 2.53. The molecule has 100 valence electrons. The molecule has 0 amide bonds. The van der Waals surface area contributed by atoms with Crippen molar-refractivity contribution in [1.82, 2.24) is 4.90 Å². The fourth-order valence-electron chi connectivity index (χ4n) is 2.83. The van der Waals surface area contributed by atoms with Gasteiger partial charge in [-0.25, -0.2) is 0 Å². The van der Waals surface area contributed by atoms with Crippen LogP contribution >= 0.6 is 0 Å². The standard InChI is InChI=1S/C15H24N2O/c1-15(12-16,17-9-5-6-10-17)11-13-7-3-4-8-14(13)18-2/h3-4,7-8H,5-6,9-12,16H2,1-2H3. The van der Waals surface area contributed by atoms with E-state index < -0.39 is 0 Å². The fraction of sp³-hybridized carbons (Fsp3) is 0.600. The molecule has 1 aromatic carbocycles. The van der Waals surface area contributed by atoms with Crippen LogP contribution < -0.4 is 10.5 Å². The Morgan fingerprint density at radius 3 is 2.56 bits per heavy atom. The lowest BCUT2D eigenvalue weighted by Gasteiger charge is -2.38. The number of likely N-dealkylation sites (tertiary alicyclic amines) is 1. The smallest absolute Gasteiger partial charge is 0.122 e. The number of benzene rings is 1. The highest BCUT2D eigenvalue weighted by Gasteiger charge is 2.33. The molecule has 1 atom stereocenters. The summed E-state index contributed by atoms with van der Waals surface area (Å²) in [6.45, 7) is 5.29. The first-order valence-electron chi connectivity index (χ1n) is 6.76. The molecule has 1 heterocycles. The number of hydrogen-bond donors (Lipinski definition) is 1. The van der Waals surface area contributed by atoms with Crippen molar-refractivity contribution in [2.75, 3.05) is 26.7 Å². The van der Waals surface area contributed by atoms with Crippen molar-refractivity contribution in [3.63, 3.8) is 0 Å². The molecule has 0 spiro atoms. The Labute approximate surface area is 110 Å². The van der Waals surface area contributed by atoms with Gasteiger partial charge in [0.15, 0.2) is 0 Å². The Morgan fingerprint density at radius 1 is 1.28 bits per heavy atom. The summed E-state index contributed by atoms with van der Waals surface area (Å²) in [7, 11) is 1.73. The van der Waals surface area contributed by atoms with Crippen molar-refractivity contribution in [2.45, 2.75) is 31.7 Å². The van der Waals surface area contributed by atoms with Crippen LogP contribution in [0.4, 0.5) is 0 Å². The number of nitrogens with two attached hydrogens (primary N) is 1. The van der Waals surface area contributed by atoms with E-state index in [-0.39, 0.29) is 5.54 Å². The quantitative estimate of drug-likeness (QED) is 0.866. The molecule has 2 N–H and O–H groups in total. The fourth-order valence-corrected chi connectivity index (χ4v) is 2.83. The Morgan fingerprint density at radius 2 is 1.94 bits per heavy atom. The van der Waals surface area contributed by atoms with Crippen LogP contribution in [0.2, 0.25) is 0 Å². The van der Waals surface area contributed by atoms with E-state index in [1.165, 1.54) is 31.5 Å². The maximum atomic E-state index is 6.04. The maximum absolute atomic E-state index is 6.04. The first kappa shape index (κ1) is 13.4. The SMILES string of the molecule is COc1ccccc1CC(C)(CN)N1CCCC1. The molecule has 1 aliphatic rings. The largest absolute Gasteiger partial charge is 0.496 e. The Kier molecular flexibility index (Phi) is 4.25. The second kappa shape index (κ2) is 5.72. The minimum Gasteiger partial charge on any atom is -0.496 e. The molecule has 3 nitrogen and oxygen atoms in total. The van der Waals surface area contributed by atoms with Crippen LogP contribution in [0.25, 0.3) is 0 Å². The predicted molar refractivity (Wildman–Crippen MR) is 75.0 cm³/mol.